The molecule has 0 saturated carbocycles. The Bertz CT molecular complexity index is 826. The number of fused-ring (bicyclic) bond motifs is 1. The van der Waals surface area contributed by atoms with Gasteiger partial charge in [0.15, 0.2) is 5.78 Å². The molecule has 1 aromatic carbocycles. The molecule has 3 aromatic rings. The van der Waals surface area contributed by atoms with Crippen LogP contribution in [0, 0.1) is 6.92 Å². The predicted octanol–water partition coefficient (Wildman–Crippen LogP) is 4.52. The van der Waals surface area contributed by atoms with E-state index in [4.69, 9.17) is 11.6 Å². The second kappa shape index (κ2) is 5.04. The Morgan fingerprint density at radius 3 is 2.85 bits per heavy atom. The minimum absolute atomic E-state index is 0.0591. The van der Waals surface area contributed by atoms with Crippen LogP contribution in [0.4, 0.5) is 0 Å². The Hall–Kier alpha value is -1.65. The van der Waals surface area contributed by atoms with Gasteiger partial charge in [0.2, 0.25) is 0 Å². The van der Waals surface area contributed by atoms with E-state index in [1.165, 1.54) is 0 Å². The average molecular weight is 350 g/mol. The van der Waals surface area contributed by atoms with Crippen molar-refractivity contribution in [2.24, 2.45) is 0 Å². The van der Waals surface area contributed by atoms with E-state index in [1.54, 1.807) is 18.5 Å². The van der Waals surface area contributed by atoms with Crippen LogP contribution in [-0.4, -0.2) is 15.8 Å². The SMILES string of the molecule is Cc1cc(Br)ccc1C(=O)c1c[nH]c2nccc(Cl)c12. The third-order valence-electron chi connectivity index (χ3n) is 3.20. The van der Waals surface area contributed by atoms with Gasteiger partial charge in [-0.15, -0.1) is 0 Å². The lowest BCUT2D eigenvalue weighted by Gasteiger charge is -2.05. The number of carbonyl (C=O) groups is 1. The largest absolute Gasteiger partial charge is 0.345 e. The van der Waals surface area contributed by atoms with E-state index in [0.29, 0.717) is 27.2 Å². The molecule has 0 unspecified atom stereocenters. The number of carbonyl (C=O) groups excluding carboxylic acids is 1. The van der Waals surface area contributed by atoms with Gasteiger partial charge in [-0.2, -0.15) is 0 Å². The Morgan fingerprint density at radius 2 is 2.10 bits per heavy atom. The van der Waals surface area contributed by atoms with E-state index in [0.717, 1.165) is 10.0 Å². The monoisotopic (exact) mass is 348 g/mol. The second-order valence-corrected chi connectivity index (χ2v) is 5.83. The zero-order valence-electron chi connectivity index (χ0n) is 10.6. The highest BCUT2D eigenvalue weighted by molar-refractivity contribution is 9.10. The number of pyridine rings is 1. The third kappa shape index (κ3) is 2.15. The van der Waals surface area contributed by atoms with Crippen molar-refractivity contribution in [3.8, 4) is 0 Å². The summed E-state index contributed by atoms with van der Waals surface area (Å²) in [6.07, 6.45) is 3.27. The van der Waals surface area contributed by atoms with Crippen LogP contribution in [-0.2, 0) is 0 Å². The van der Waals surface area contributed by atoms with Gasteiger partial charge in [-0.25, -0.2) is 4.98 Å². The van der Waals surface area contributed by atoms with E-state index in [9.17, 15) is 4.79 Å². The fraction of sp³-hybridized carbons (Fsp3) is 0.0667. The number of aromatic nitrogens is 2. The molecule has 20 heavy (non-hydrogen) atoms. The minimum atomic E-state index is -0.0591. The van der Waals surface area contributed by atoms with Gasteiger partial charge >= 0.3 is 0 Å². The highest BCUT2D eigenvalue weighted by atomic mass is 79.9. The average Bonchev–Trinajstić information content (AvgIpc) is 2.83. The Balaban J connectivity index is 2.18. The topological polar surface area (TPSA) is 45.8 Å². The van der Waals surface area contributed by atoms with Gasteiger partial charge in [-0.3, -0.25) is 4.79 Å². The zero-order chi connectivity index (χ0) is 14.3. The fourth-order valence-corrected chi connectivity index (χ4v) is 2.95. The minimum Gasteiger partial charge on any atom is -0.345 e. The molecular weight excluding hydrogens is 340 g/mol. The van der Waals surface area contributed by atoms with Gasteiger partial charge in [0, 0.05) is 27.8 Å². The van der Waals surface area contributed by atoms with E-state index >= 15 is 0 Å². The van der Waals surface area contributed by atoms with Crippen LogP contribution < -0.4 is 0 Å². The molecule has 0 amide bonds. The third-order valence-corrected chi connectivity index (χ3v) is 4.01. The second-order valence-electron chi connectivity index (χ2n) is 4.51. The Morgan fingerprint density at radius 1 is 1.30 bits per heavy atom. The summed E-state index contributed by atoms with van der Waals surface area (Å²) in [5.74, 6) is -0.0591. The number of nitrogens with one attached hydrogen (secondary N) is 1. The molecule has 0 atom stereocenters. The van der Waals surface area contributed by atoms with Gasteiger partial charge in [0.05, 0.1) is 10.6 Å². The van der Waals surface area contributed by atoms with Crippen molar-refractivity contribution in [1.29, 1.82) is 0 Å². The maximum Gasteiger partial charge on any atom is 0.195 e. The quantitative estimate of drug-likeness (QED) is 0.691. The highest BCUT2D eigenvalue weighted by Gasteiger charge is 2.18. The number of halogens is 2. The molecular formula is C15H10BrClN2O. The van der Waals surface area contributed by atoms with Crippen LogP contribution in [0.15, 0.2) is 41.1 Å². The molecule has 0 fully saturated rings. The van der Waals surface area contributed by atoms with Crippen LogP contribution >= 0.6 is 27.5 Å². The number of aryl methyl sites for hydroxylation is 1. The standard InChI is InChI=1S/C15H10BrClN2O/c1-8-6-9(16)2-3-10(8)14(20)11-7-19-15-13(11)12(17)4-5-18-15/h2-7H,1H3,(H,18,19). The number of nitrogens with zero attached hydrogens (tertiary/aromatic N) is 1. The number of ketones is 1. The molecule has 1 N–H and O–H groups in total. The summed E-state index contributed by atoms with van der Waals surface area (Å²) in [6.45, 7) is 1.91. The number of H-pyrrole nitrogens is 1. The number of rotatable bonds is 2. The molecule has 2 aromatic heterocycles. The van der Waals surface area contributed by atoms with Crippen molar-refractivity contribution >= 4 is 44.3 Å². The van der Waals surface area contributed by atoms with E-state index in [1.807, 2.05) is 25.1 Å². The number of aromatic amines is 1. The molecule has 0 aliphatic rings. The van der Waals surface area contributed by atoms with Crippen molar-refractivity contribution in [3.05, 3.63) is 62.8 Å². The Kier molecular flexibility index (Phi) is 3.36. The van der Waals surface area contributed by atoms with Gasteiger partial charge in [0.1, 0.15) is 5.65 Å². The first-order valence-electron chi connectivity index (χ1n) is 6.00. The first-order chi connectivity index (χ1) is 9.58. The highest BCUT2D eigenvalue weighted by Crippen LogP contribution is 2.28. The zero-order valence-corrected chi connectivity index (χ0v) is 12.9. The summed E-state index contributed by atoms with van der Waals surface area (Å²) >= 11 is 9.58. The number of benzene rings is 1. The van der Waals surface area contributed by atoms with E-state index in [-0.39, 0.29) is 5.78 Å². The molecule has 100 valence electrons. The molecule has 0 bridgehead atoms. The lowest BCUT2D eigenvalue weighted by Crippen LogP contribution is -2.03. The molecule has 0 spiro atoms. The summed E-state index contributed by atoms with van der Waals surface area (Å²) in [4.78, 5) is 19.8. The molecule has 5 heteroatoms. The summed E-state index contributed by atoms with van der Waals surface area (Å²) in [7, 11) is 0. The van der Waals surface area contributed by atoms with Gasteiger partial charge in [0.25, 0.3) is 0 Å². The van der Waals surface area contributed by atoms with Crippen LogP contribution in [0.5, 0.6) is 0 Å². The maximum absolute atomic E-state index is 12.7. The number of hydrogen-bond donors (Lipinski definition) is 1. The summed E-state index contributed by atoms with van der Waals surface area (Å²) < 4.78 is 0.949. The molecule has 3 rings (SSSR count). The summed E-state index contributed by atoms with van der Waals surface area (Å²) in [5, 5.41) is 1.19. The van der Waals surface area contributed by atoms with Gasteiger partial charge in [-0.05, 0) is 36.8 Å². The van der Waals surface area contributed by atoms with Crippen LogP contribution in [0.2, 0.25) is 5.02 Å². The van der Waals surface area contributed by atoms with Crippen molar-refractivity contribution in [1.82, 2.24) is 9.97 Å². The molecule has 2 heterocycles. The van der Waals surface area contributed by atoms with Crippen molar-refractivity contribution in [2.75, 3.05) is 0 Å². The summed E-state index contributed by atoms with van der Waals surface area (Å²) in [5.41, 5.74) is 2.74. The molecule has 0 aliphatic carbocycles. The van der Waals surface area contributed by atoms with Crippen LogP contribution in [0.3, 0.4) is 0 Å². The smallest absolute Gasteiger partial charge is 0.195 e. The molecule has 0 radical (unpaired) electrons. The van der Waals surface area contributed by atoms with Crippen LogP contribution in [0.25, 0.3) is 11.0 Å². The lowest BCUT2D eigenvalue weighted by atomic mass is 9.99. The first kappa shape index (κ1) is 13.3. The molecule has 0 saturated heterocycles. The number of hydrogen-bond acceptors (Lipinski definition) is 2. The Labute approximate surface area is 129 Å². The first-order valence-corrected chi connectivity index (χ1v) is 7.17. The molecule has 0 aliphatic heterocycles. The maximum atomic E-state index is 12.7. The lowest BCUT2D eigenvalue weighted by molar-refractivity contribution is 0.103. The van der Waals surface area contributed by atoms with E-state index in [2.05, 4.69) is 25.9 Å². The van der Waals surface area contributed by atoms with E-state index < -0.39 is 0 Å². The fourth-order valence-electron chi connectivity index (χ4n) is 2.22. The normalized spacial score (nSPS) is 10.9. The van der Waals surface area contributed by atoms with Crippen molar-refractivity contribution in [3.63, 3.8) is 0 Å². The predicted molar refractivity (Wildman–Crippen MR) is 83.4 cm³/mol. The van der Waals surface area contributed by atoms with Gasteiger partial charge in [-0.1, -0.05) is 27.5 Å². The van der Waals surface area contributed by atoms with Crippen molar-refractivity contribution in [2.45, 2.75) is 6.92 Å². The van der Waals surface area contributed by atoms with Crippen molar-refractivity contribution < 1.29 is 4.79 Å². The van der Waals surface area contributed by atoms with Gasteiger partial charge < -0.3 is 4.98 Å². The molecule has 3 nitrogen and oxygen atoms in total. The van der Waals surface area contributed by atoms with Crippen LogP contribution in [0.1, 0.15) is 21.5 Å². The summed E-state index contributed by atoms with van der Waals surface area (Å²) in [6, 6.07) is 7.27.